The number of hydrogen-bond acceptors (Lipinski definition) is 5. The van der Waals surface area contributed by atoms with E-state index in [0.29, 0.717) is 12.3 Å². The summed E-state index contributed by atoms with van der Waals surface area (Å²) in [5.41, 5.74) is 5.90. The van der Waals surface area contributed by atoms with Gasteiger partial charge in [0.2, 0.25) is 5.91 Å². The minimum atomic E-state index is -0.525. The highest BCUT2D eigenvalue weighted by Gasteiger charge is 2.24. The fourth-order valence-electron chi connectivity index (χ4n) is 3.38. The van der Waals surface area contributed by atoms with Crippen molar-refractivity contribution in [1.82, 2.24) is 10.2 Å². The number of piperidine rings is 1. The Bertz CT molecular complexity index is 809. The monoisotopic (exact) mass is 397 g/mol. The smallest absolute Gasteiger partial charge is 0.255 e. The zero-order valence-electron chi connectivity index (χ0n) is 16.4. The maximum Gasteiger partial charge on any atom is 0.255 e. The Labute approximate surface area is 170 Å². The molecule has 1 aliphatic rings. The van der Waals surface area contributed by atoms with Crippen LogP contribution in [0.1, 0.15) is 36.6 Å². The maximum atomic E-state index is 12.3. The van der Waals surface area contributed by atoms with Crippen molar-refractivity contribution in [2.24, 2.45) is 5.73 Å². The molecule has 3 N–H and O–H groups in total. The molecule has 0 radical (unpaired) electrons. The number of carbonyl (C=O) groups excluding carboxylic acids is 2. The van der Waals surface area contributed by atoms with Gasteiger partial charge < -0.3 is 20.2 Å². The van der Waals surface area contributed by atoms with E-state index in [4.69, 9.17) is 14.9 Å². The van der Waals surface area contributed by atoms with Gasteiger partial charge in [0.15, 0.2) is 6.61 Å². The lowest BCUT2D eigenvalue weighted by Gasteiger charge is -2.33. The average Bonchev–Trinajstić information content (AvgIpc) is 3.27. The molecule has 0 bridgehead atoms. The van der Waals surface area contributed by atoms with Gasteiger partial charge in [-0.25, -0.2) is 0 Å². The van der Waals surface area contributed by atoms with Gasteiger partial charge in [-0.05, 0) is 61.8 Å². The standard InChI is InChI=1S/C22H27N3O4/c23-21(26)16-29-18-9-6-17(7-10-18)8-11-22(27)24-15-19(20-5-4-14-28-20)25-12-2-1-3-13-25/h4-11,14,19H,1-3,12-13,15-16H2,(H2,23,26)(H,24,27)/b11-8+. The number of benzene rings is 1. The van der Waals surface area contributed by atoms with E-state index in [0.717, 1.165) is 24.4 Å². The highest BCUT2D eigenvalue weighted by Crippen LogP contribution is 2.24. The molecular weight excluding hydrogens is 370 g/mol. The number of amides is 2. The van der Waals surface area contributed by atoms with Crippen molar-refractivity contribution in [1.29, 1.82) is 0 Å². The summed E-state index contributed by atoms with van der Waals surface area (Å²) in [5.74, 6) is 0.742. The molecule has 1 aromatic heterocycles. The molecule has 0 saturated carbocycles. The van der Waals surface area contributed by atoms with E-state index in [2.05, 4.69) is 10.2 Å². The lowest BCUT2D eigenvalue weighted by atomic mass is 10.1. The molecular formula is C22H27N3O4. The Kier molecular flexibility index (Phi) is 7.47. The molecule has 2 aromatic rings. The Hall–Kier alpha value is -3.06. The highest BCUT2D eigenvalue weighted by atomic mass is 16.5. The van der Waals surface area contributed by atoms with Crippen molar-refractivity contribution in [2.75, 3.05) is 26.2 Å². The van der Waals surface area contributed by atoms with Crippen LogP contribution < -0.4 is 15.8 Å². The summed E-state index contributed by atoms with van der Waals surface area (Å²) in [5, 5.41) is 2.98. The lowest BCUT2D eigenvalue weighted by Crippen LogP contribution is -2.40. The van der Waals surface area contributed by atoms with Gasteiger partial charge in [0.25, 0.3) is 5.91 Å². The third-order valence-electron chi connectivity index (χ3n) is 4.86. The van der Waals surface area contributed by atoms with Gasteiger partial charge in [-0.2, -0.15) is 0 Å². The molecule has 7 heteroatoms. The van der Waals surface area contributed by atoms with Crippen LogP contribution in [-0.2, 0) is 9.59 Å². The number of rotatable bonds is 9. The molecule has 7 nitrogen and oxygen atoms in total. The van der Waals surface area contributed by atoms with Crippen LogP contribution in [-0.4, -0.2) is 43.0 Å². The number of nitrogens with one attached hydrogen (secondary N) is 1. The van der Waals surface area contributed by atoms with Gasteiger partial charge in [-0.15, -0.1) is 0 Å². The quantitative estimate of drug-likeness (QED) is 0.634. The van der Waals surface area contributed by atoms with Gasteiger partial charge in [-0.3, -0.25) is 14.5 Å². The van der Waals surface area contributed by atoms with Crippen LogP contribution in [0.15, 0.2) is 53.2 Å². The summed E-state index contributed by atoms with van der Waals surface area (Å²) in [6.45, 7) is 2.37. The number of nitrogens with zero attached hydrogens (tertiary/aromatic N) is 1. The molecule has 1 aliphatic heterocycles. The number of hydrogen-bond donors (Lipinski definition) is 2. The number of furan rings is 1. The third kappa shape index (κ3) is 6.50. The van der Waals surface area contributed by atoms with E-state index in [1.165, 1.54) is 25.3 Å². The van der Waals surface area contributed by atoms with Gasteiger partial charge in [0, 0.05) is 12.6 Å². The number of carbonyl (C=O) groups is 2. The molecule has 2 heterocycles. The Morgan fingerprint density at radius 1 is 1.17 bits per heavy atom. The molecule has 154 valence electrons. The molecule has 1 unspecified atom stereocenters. The van der Waals surface area contributed by atoms with Crippen molar-refractivity contribution in [3.8, 4) is 5.75 Å². The van der Waals surface area contributed by atoms with Gasteiger partial charge in [-0.1, -0.05) is 18.6 Å². The predicted molar refractivity (Wildman–Crippen MR) is 110 cm³/mol. The van der Waals surface area contributed by atoms with Crippen LogP contribution >= 0.6 is 0 Å². The van der Waals surface area contributed by atoms with Gasteiger partial charge in [0.1, 0.15) is 11.5 Å². The molecule has 0 aliphatic carbocycles. The fourth-order valence-corrected chi connectivity index (χ4v) is 3.38. The van der Waals surface area contributed by atoms with E-state index < -0.39 is 5.91 Å². The minimum Gasteiger partial charge on any atom is -0.484 e. The molecule has 3 rings (SSSR count). The van der Waals surface area contributed by atoms with Crippen LogP contribution in [0.4, 0.5) is 0 Å². The van der Waals surface area contributed by atoms with Gasteiger partial charge >= 0.3 is 0 Å². The first-order valence-corrected chi connectivity index (χ1v) is 9.86. The van der Waals surface area contributed by atoms with Gasteiger partial charge in [0.05, 0.1) is 12.3 Å². The molecule has 29 heavy (non-hydrogen) atoms. The van der Waals surface area contributed by atoms with E-state index in [-0.39, 0.29) is 18.6 Å². The second kappa shape index (κ2) is 10.5. The van der Waals surface area contributed by atoms with Crippen LogP contribution in [0.25, 0.3) is 6.08 Å². The first-order valence-electron chi connectivity index (χ1n) is 9.86. The molecule has 1 fully saturated rings. The summed E-state index contributed by atoms with van der Waals surface area (Å²) in [7, 11) is 0. The topological polar surface area (TPSA) is 97.8 Å². The van der Waals surface area contributed by atoms with Crippen LogP contribution in [0, 0.1) is 0 Å². The summed E-state index contributed by atoms with van der Waals surface area (Å²) in [6, 6.07) is 10.9. The Morgan fingerprint density at radius 2 is 1.93 bits per heavy atom. The Morgan fingerprint density at radius 3 is 2.59 bits per heavy atom. The van der Waals surface area contributed by atoms with Crippen molar-refractivity contribution in [2.45, 2.75) is 25.3 Å². The Balaban J connectivity index is 1.52. The largest absolute Gasteiger partial charge is 0.484 e. The summed E-state index contributed by atoms with van der Waals surface area (Å²) in [6.07, 6.45) is 8.51. The first-order chi connectivity index (χ1) is 14.1. The lowest BCUT2D eigenvalue weighted by molar-refractivity contribution is -0.120. The van der Waals surface area contributed by atoms with Crippen molar-refractivity contribution in [3.63, 3.8) is 0 Å². The predicted octanol–water partition coefficient (Wildman–Crippen LogP) is 2.50. The minimum absolute atomic E-state index is 0.0457. The van der Waals surface area contributed by atoms with E-state index in [9.17, 15) is 9.59 Å². The zero-order chi connectivity index (χ0) is 20.5. The third-order valence-corrected chi connectivity index (χ3v) is 4.86. The fraction of sp³-hybridized carbons (Fsp3) is 0.364. The average molecular weight is 397 g/mol. The van der Waals surface area contributed by atoms with E-state index in [1.54, 1.807) is 36.6 Å². The van der Waals surface area contributed by atoms with Crippen LogP contribution in [0.3, 0.4) is 0 Å². The molecule has 1 aromatic carbocycles. The molecule has 1 atom stereocenters. The molecule has 0 spiro atoms. The van der Waals surface area contributed by atoms with Crippen molar-refractivity contribution in [3.05, 3.63) is 60.1 Å². The second-order valence-electron chi connectivity index (χ2n) is 7.03. The SMILES string of the molecule is NC(=O)COc1ccc(/C=C/C(=O)NCC(c2ccco2)N2CCCCC2)cc1. The highest BCUT2D eigenvalue weighted by molar-refractivity contribution is 5.91. The normalized spacial score (nSPS) is 15.9. The van der Waals surface area contributed by atoms with Crippen LogP contribution in [0.5, 0.6) is 5.75 Å². The molecule has 1 saturated heterocycles. The first kappa shape index (κ1) is 20.7. The van der Waals surface area contributed by atoms with E-state index in [1.807, 2.05) is 12.1 Å². The summed E-state index contributed by atoms with van der Waals surface area (Å²) in [4.78, 5) is 25.4. The van der Waals surface area contributed by atoms with Crippen molar-refractivity contribution >= 4 is 17.9 Å². The van der Waals surface area contributed by atoms with Crippen LogP contribution in [0.2, 0.25) is 0 Å². The number of likely N-dealkylation sites (tertiary alicyclic amines) is 1. The van der Waals surface area contributed by atoms with E-state index >= 15 is 0 Å². The number of ether oxygens (including phenoxy) is 1. The number of primary amides is 1. The second-order valence-corrected chi connectivity index (χ2v) is 7.03. The summed E-state index contributed by atoms with van der Waals surface area (Å²) < 4.78 is 10.8. The maximum absolute atomic E-state index is 12.3. The number of nitrogens with two attached hydrogens (primary N) is 1. The summed E-state index contributed by atoms with van der Waals surface area (Å²) >= 11 is 0. The zero-order valence-corrected chi connectivity index (χ0v) is 16.4. The molecule has 2 amide bonds. The van der Waals surface area contributed by atoms with Crippen molar-refractivity contribution < 1.29 is 18.7 Å².